The minimum Gasteiger partial charge on any atom is -0.481 e. The molecule has 16 heavy (non-hydrogen) atoms. The van der Waals surface area contributed by atoms with Crippen LogP contribution in [0.1, 0.15) is 32.6 Å². The predicted molar refractivity (Wildman–Crippen MR) is 64.6 cm³/mol. The molecule has 1 aliphatic heterocycles. The van der Waals surface area contributed by atoms with Gasteiger partial charge in [-0.1, -0.05) is 6.92 Å². The van der Waals surface area contributed by atoms with Crippen molar-refractivity contribution in [2.24, 2.45) is 5.41 Å². The quantitative estimate of drug-likeness (QED) is 0.670. The van der Waals surface area contributed by atoms with Crippen molar-refractivity contribution in [1.82, 2.24) is 10.2 Å². The van der Waals surface area contributed by atoms with E-state index in [2.05, 4.69) is 24.2 Å². The summed E-state index contributed by atoms with van der Waals surface area (Å²) in [5.74, 6) is -0.702. The molecule has 0 aliphatic carbocycles. The maximum atomic E-state index is 10.3. The van der Waals surface area contributed by atoms with Gasteiger partial charge in [-0.2, -0.15) is 0 Å². The third-order valence-corrected chi connectivity index (χ3v) is 3.49. The summed E-state index contributed by atoms with van der Waals surface area (Å²) in [5, 5.41) is 11.9. The molecule has 0 aromatic heterocycles. The van der Waals surface area contributed by atoms with Crippen LogP contribution >= 0.6 is 0 Å². The fourth-order valence-electron chi connectivity index (χ4n) is 2.09. The Labute approximate surface area is 98.0 Å². The number of hydrogen-bond acceptors (Lipinski definition) is 3. The first kappa shape index (κ1) is 13.5. The maximum absolute atomic E-state index is 10.3. The molecule has 0 aromatic carbocycles. The number of carboxylic acids is 1. The summed E-state index contributed by atoms with van der Waals surface area (Å²) in [6.45, 7) is 6.50. The summed E-state index contributed by atoms with van der Waals surface area (Å²) in [6.07, 6.45) is 3.46. The normalized spacial score (nSPS) is 20.9. The van der Waals surface area contributed by atoms with Crippen LogP contribution in [0.15, 0.2) is 0 Å². The van der Waals surface area contributed by atoms with Crippen molar-refractivity contribution in [3.63, 3.8) is 0 Å². The summed E-state index contributed by atoms with van der Waals surface area (Å²) in [5.41, 5.74) is 0.399. The summed E-state index contributed by atoms with van der Waals surface area (Å²) >= 11 is 0. The van der Waals surface area contributed by atoms with Crippen molar-refractivity contribution >= 4 is 5.97 Å². The highest BCUT2D eigenvalue weighted by atomic mass is 16.4. The Bertz CT molecular complexity index is 223. The number of carboxylic acid groups (broad SMARTS) is 1. The number of carbonyl (C=O) groups is 1. The lowest BCUT2D eigenvalue weighted by Gasteiger charge is -2.38. The lowest BCUT2D eigenvalue weighted by Crippen LogP contribution is -2.42. The SMILES string of the molecule is CN1CCC(C)(CNCCCC(=O)O)CC1. The van der Waals surface area contributed by atoms with Gasteiger partial charge in [0.1, 0.15) is 0 Å². The molecule has 0 atom stereocenters. The minimum atomic E-state index is -0.702. The largest absolute Gasteiger partial charge is 0.481 e. The Hall–Kier alpha value is -0.610. The second-order valence-electron chi connectivity index (χ2n) is 5.29. The summed E-state index contributed by atoms with van der Waals surface area (Å²) in [4.78, 5) is 12.7. The molecule has 1 saturated heterocycles. The van der Waals surface area contributed by atoms with Crippen LogP contribution in [-0.2, 0) is 4.79 Å². The molecule has 0 unspecified atom stereocenters. The van der Waals surface area contributed by atoms with Crippen LogP contribution in [0.2, 0.25) is 0 Å². The van der Waals surface area contributed by atoms with E-state index in [4.69, 9.17) is 5.11 Å². The smallest absolute Gasteiger partial charge is 0.303 e. The van der Waals surface area contributed by atoms with E-state index >= 15 is 0 Å². The number of hydrogen-bond donors (Lipinski definition) is 2. The number of piperidine rings is 1. The third kappa shape index (κ3) is 4.94. The van der Waals surface area contributed by atoms with Gasteiger partial charge in [-0.05, 0) is 51.4 Å². The van der Waals surface area contributed by atoms with Gasteiger partial charge in [0.2, 0.25) is 0 Å². The van der Waals surface area contributed by atoms with Crippen molar-refractivity contribution in [3.05, 3.63) is 0 Å². The Kier molecular flexibility index (Phi) is 5.22. The molecule has 0 amide bonds. The van der Waals surface area contributed by atoms with Gasteiger partial charge in [-0.25, -0.2) is 0 Å². The summed E-state index contributed by atoms with van der Waals surface area (Å²) < 4.78 is 0. The lowest BCUT2D eigenvalue weighted by atomic mass is 9.80. The molecule has 0 radical (unpaired) electrons. The van der Waals surface area contributed by atoms with Crippen LogP contribution in [0.4, 0.5) is 0 Å². The summed E-state index contributed by atoms with van der Waals surface area (Å²) in [6, 6.07) is 0. The van der Waals surface area contributed by atoms with Crippen LogP contribution in [0, 0.1) is 5.41 Å². The maximum Gasteiger partial charge on any atom is 0.303 e. The van der Waals surface area contributed by atoms with Gasteiger partial charge in [0, 0.05) is 13.0 Å². The molecule has 0 saturated carbocycles. The molecule has 1 fully saturated rings. The highest BCUT2D eigenvalue weighted by Crippen LogP contribution is 2.29. The highest BCUT2D eigenvalue weighted by Gasteiger charge is 2.27. The van der Waals surface area contributed by atoms with E-state index in [9.17, 15) is 4.79 Å². The zero-order chi connectivity index (χ0) is 12.0. The van der Waals surface area contributed by atoms with E-state index in [1.807, 2.05) is 0 Å². The Morgan fingerprint density at radius 1 is 1.44 bits per heavy atom. The molecule has 0 aromatic rings. The molecule has 0 bridgehead atoms. The second kappa shape index (κ2) is 6.21. The number of aliphatic carboxylic acids is 1. The molecule has 1 aliphatic rings. The fraction of sp³-hybridized carbons (Fsp3) is 0.917. The number of nitrogens with zero attached hydrogens (tertiary/aromatic N) is 1. The average molecular weight is 228 g/mol. The van der Waals surface area contributed by atoms with E-state index in [1.54, 1.807) is 0 Å². The van der Waals surface area contributed by atoms with Crippen LogP contribution in [0.25, 0.3) is 0 Å². The van der Waals surface area contributed by atoms with Gasteiger partial charge >= 0.3 is 5.97 Å². The first-order valence-corrected chi connectivity index (χ1v) is 6.13. The number of likely N-dealkylation sites (tertiary alicyclic amines) is 1. The Morgan fingerprint density at radius 3 is 2.62 bits per heavy atom. The fourth-order valence-corrected chi connectivity index (χ4v) is 2.09. The van der Waals surface area contributed by atoms with Crippen molar-refractivity contribution in [1.29, 1.82) is 0 Å². The van der Waals surface area contributed by atoms with E-state index in [-0.39, 0.29) is 6.42 Å². The Morgan fingerprint density at radius 2 is 2.06 bits per heavy atom. The molecule has 94 valence electrons. The average Bonchev–Trinajstić information content (AvgIpc) is 2.22. The van der Waals surface area contributed by atoms with Crippen LogP contribution < -0.4 is 5.32 Å². The van der Waals surface area contributed by atoms with Gasteiger partial charge in [0.25, 0.3) is 0 Å². The summed E-state index contributed by atoms with van der Waals surface area (Å²) in [7, 11) is 2.17. The van der Waals surface area contributed by atoms with E-state index in [1.165, 1.54) is 25.9 Å². The minimum absolute atomic E-state index is 0.270. The van der Waals surface area contributed by atoms with Crippen molar-refractivity contribution < 1.29 is 9.90 Å². The highest BCUT2D eigenvalue weighted by molar-refractivity contribution is 5.66. The van der Waals surface area contributed by atoms with Crippen molar-refractivity contribution in [3.8, 4) is 0 Å². The standard InChI is InChI=1S/C12H24N2O2/c1-12(5-8-14(2)9-6-12)10-13-7-3-4-11(15)16/h13H,3-10H2,1-2H3,(H,15,16). The molecule has 1 rings (SSSR count). The molecular weight excluding hydrogens is 204 g/mol. The molecular formula is C12H24N2O2. The van der Waals surface area contributed by atoms with Gasteiger partial charge in [0.05, 0.1) is 0 Å². The van der Waals surface area contributed by atoms with Gasteiger partial charge in [0.15, 0.2) is 0 Å². The van der Waals surface area contributed by atoms with E-state index < -0.39 is 5.97 Å². The number of rotatable bonds is 6. The molecule has 4 nitrogen and oxygen atoms in total. The number of nitrogens with one attached hydrogen (secondary N) is 1. The molecule has 2 N–H and O–H groups in total. The second-order valence-corrected chi connectivity index (χ2v) is 5.29. The first-order valence-electron chi connectivity index (χ1n) is 6.13. The van der Waals surface area contributed by atoms with Gasteiger partial charge in [-0.3, -0.25) is 4.79 Å². The third-order valence-electron chi connectivity index (χ3n) is 3.49. The van der Waals surface area contributed by atoms with Crippen LogP contribution in [-0.4, -0.2) is 49.2 Å². The zero-order valence-electron chi connectivity index (χ0n) is 10.5. The van der Waals surface area contributed by atoms with Crippen molar-refractivity contribution in [2.45, 2.75) is 32.6 Å². The Balaban J connectivity index is 2.09. The molecule has 4 heteroatoms. The van der Waals surface area contributed by atoms with Gasteiger partial charge < -0.3 is 15.3 Å². The van der Waals surface area contributed by atoms with E-state index in [0.29, 0.717) is 5.41 Å². The molecule has 1 heterocycles. The first-order chi connectivity index (χ1) is 7.52. The predicted octanol–water partition coefficient (Wildman–Crippen LogP) is 1.17. The van der Waals surface area contributed by atoms with Crippen molar-refractivity contribution in [2.75, 3.05) is 33.2 Å². The monoisotopic (exact) mass is 228 g/mol. The zero-order valence-corrected chi connectivity index (χ0v) is 10.5. The van der Waals surface area contributed by atoms with Crippen LogP contribution in [0.3, 0.4) is 0 Å². The van der Waals surface area contributed by atoms with E-state index in [0.717, 1.165) is 19.5 Å². The van der Waals surface area contributed by atoms with Gasteiger partial charge in [-0.15, -0.1) is 0 Å². The molecule has 0 spiro atoms. The topological polar surface area (TPSA) is 52.6 Å². The van der Waals surface area contributed by atoms with Crippen LogP contribution in [0.5, 0.6) is 0 Å². The lowest BCUT2D eigenvalue weighted by molar-refractivity contribution is -0.137.